The number of anilines is 2. The van der Waals surface area contributed by atoms with Crippen LogP contribution in [-0.4, -0.2) is 26.6 Å². The molecule has 0 bridgehead atoms. The second kappa shape index (κ2) is 5.02. The quantitative estimate of drug-likeness (QED) is 0.730. The van der Waals surface area contributed by atoms with Crippen LogP contribution in [-0.2, 0) is 0 Å². The molecule has 1 amide bonds. The maximum absolute atomic E-state index is 12.0. The van der Waals surface area contributed by atoms with Crippen molar-refractivity contribution in [2.45, 2.75) is 6.92 Å². The smallest absolute Gasteiger partial charge is 0.337 e. The molecule has 0 saturated carbocycles. The summed E-state index contributed by atoms with van der Waals surface area (Å²) in [6, 6.07) is 4.25. The number of hydrogen-bond acceptors (Lipinski definition) is 6. The number of nitrogens with one attached hydrogen (secondary N) is 1. The first kappa shape index (κ1) is 13.0. The highest BCUT2D eigenvalue weighted by molar-refractivity contribution is 7.08. The number of carbonyl (C=O) groups is 2. The molecule has 0 fully saturated rings. The molecule has 0 aliphatic rings. The molecule has 1 aromatic carbocycles. The average Bonchev–Trinajstić information content (AvgIpc) is 2.77. The van der Waals surface area contributed by atoms with Gasteiger partial charge in [0, 0.05) is 5.69 Å². The van der Waals surface area contributed by atoms with E-state index >= 15 is 0 Å². The Morgan fingerprint density at radius 2 is 2.16 bits per heavy atom. The van der Waals surface area contributed by atoms with Crippen molar-refractivity contribution in [2.24, 2.45) is 0 Å². The van der Waals surface area contributed by atoms with Crippen LogP contribution in [0.15, 0.2) is 18.2 Å². The zero-order valence-electron chi connectivity index (χ0n) is 9.88. The van der Waals surface area contributed by atoms with Crippen LogP contribution < -0.4 is 11.1 Å². The van der Waals surface area contributed by atoms with Crippen molar-refractivity contribution in [3.05, 3.63) is 34.3 Å². The molecule has 0 spiro atoms. The number of aromatic carboxylic acids is 1. The van der Waals surface area contributed by atoms with Gasteiger partial charge in [-0.15, -0.1) is 5.10 Å². The van der Waals surface area contributed by atoms with Gasteiger partial charge in [-0.1, -0.05) is 4.49 Å². The Hall–Kier alpha value is -2.48. The highest BCUT2D eigenvalue weighted by Crippen LogP contribution is 2.21. The molecule has 0 aliphatic heterocycles. The second-order valence-corrected chi connectivity index (χ2v) is 4.51. The molecule has 0 atom stereocenters. The predicted octanol–water partition coefficient (Wildman–Crippen LogP) is 1.38. The van der Waals surface area contributed by atoms with E-state index in [9.17, 15) is 9.59 Å². The third-order valence-electron chi connectivity index (χ3n) is 2.38. The van der Waals surface area contributed by atoms with Crippen molar-refractivity contribution in [3.8, 4) is 0 Å². The molecule has 0 unspecified atom stereocenters. The van der Waals surface area contributed by atoms with E-state index in [4.69, 9.17) is 10.8 Å². The average molecular weight is 278 g/mol. The zero-order chi connectivity index (χ0) is 14.0. The van der Waals surface area contributed by atoms with Gasteiger partial charge in [-0.2, -0.15) is 0 Å². The molecule has 0 saturated heterocycles. The minimum atomic E-state index is -1.17. The van der Waals surface area contributed by atoms with Crippen LogP contribution in [0.1, 0.15) is 25.7 Å². The molecule has 0 aliphatic carbocycles. The van der Waals surface area contributed by atoms with Crippen molar-refractivity contribution in [3.63, 3.8) is 0 Å². The van der Waals surface area contributed by atoms with Crippen LogP contribution in [0, 0.1) is 6.92 Å². The van der Waals surface area contributed by atoms with E-state index in [1.54, 1.807) is 6.92 Å². The van der Waals surface area contributed by atoms with Gasteiger partial charge in [-0.25, -0.2) is 4.79 Å². The number of aryl methyl sites for hydroxylation is 1. The van der Waals surface area contributed by atoms with E-state index in [2.05, 4.69) is 14.9 Å². The van der Waals surface area contributed by atoms with Crippen LogP contribution in [0.4, 0.5) is 11.4 Å². The van der Waals surface area contributed by atoms with Gasteiger partial charge in [-0.05, 0) is 36.7 Å². The first-order valence-corrected chi connectivity index (χ1v) is 5.99. The normalized spacial score (nSPS) is 10.2. The number of rotatable bonds is 3. The Bertz CT molecular complexity index is 653. The number of hydrogen-bond donors (Lipinski definition) is 3. The van der Waals surface area contributed by atoms with Crippen molar-refractivity contribution < 1.29 is 14.7 Å². The number of amides is 1. The Morgan fingerprint density at radius 3 is 2.74 bits per heavy atom. The summed E-state index contributed by atoms with van der Waals surface area (Å²) in [5, 5.41) is 15.3. The number of aromatic nitrogens is 2. The number of nitrogens with zero attached hydrogens (tertiary/aromatic N) is 2. The first-order chi connectivity index (χ1) is 8.99. The minimum absolute atomic E-state index is 0.0662. The lowest BCUT2D eigenvalue weighted by Crippen LogP contribution is -2.14. The Balaban J connectivity index is 2.32. The molecule has 2 rings (SSSR count). The van der Waals surface area contributed by atoms with Gasteiger partial charge in [-0.3, -0.25) is 4.79 Å². The number of nitrogen functional groups attached to an aromatic ring is 1. The van der Waals surface area contributed by atoms with Crippen molar-refractivity contribution in [2.75, 3.05) is 11.1 Å². The molecular weight excluding hydrogens is 268 g/mol. The lowest BCUT2D eigenvalue weighted by atomic mass is 10.1. The maximum Gasteiger partial charge on any atom is 0.337 e. The lowest BCUT2D eigenvalue weighted by molar-refractivity contribution is 0.0698. The third kappa shape index (κ3) is 2.68. The standard InChI is InChI=1S/C11H10N4O3S/c1-5-9(19-15-14-5)10(16)13-8-3-2-6(12)4-7(8)11(17)18/h2-4H,12H2,1H3,(H,13,16)(H,17,18). The van der Waals surface area contributed by atoms with Crippen LogP contribution in [0.25, 0.3) is 0 Å². The molecule has 0 radical (unpaired) electrons. The molecule has 98 valence electrons. The molecule has 19 heavy (non-hydrogen) atoms. The van der Waals surface area contributed by atoms with E-state index in [1.807, 2.05) is 0 Å². The van der Waals surface area contributed by atoms with Crippen LogP contribution in [0.3, 0.4) is 0 Å². The number of carbonyl (C=O) groups excluding carboxylic acids is 1. The second-order valence-electron chi connectivity index (χ2n) is 3.75. The van der Waals surface area contributed by atoms with E-state index in [0.717, 1.165) is 11.5 Å². The van der Waals surface area contributed by atoms with Gasteiger partial charge in [0.2, 0.25) is 0 Å². The molecular formula is C11H10N4O3S. The summed E-state index contributed by atoms with van der Waals surface area (Å²) in [6.45, 7) is 1.65. The Morgan fingerprint density at radius 1 is 1.42 bits per heavy atom. The van der Waals surface area contributed by atoms with Gasteiger partial charge >= 0.3 is 5.97 Å². The topological polar surface area (TPSA) is 118 Å². The predicted molar refractivity (Wildman–Crippen MR) is 70.4 cm³/mol. The summed E-state index contributed by atoms with van der Waals surface area (Å²) < 4.78 is 3.65. The number of nitrogens with two attached hydrogens (primary N) is 1. The van der Waals surface area contributed by atoms with E-state index in [-0.39, 0.29) is 11.3 Å². The van der Waals surface area contributed by atoms with Gasteiger partial charge in [0.15, 0.2) is 0 Å². The first-order valence-electron chi connectivity index (χ1n) is 5.22. The van der Waals surface area contributed by atoms with Crippen LogP contribution in [0.2, 0.25) is 0 Å². The molecule has 7 nitrogen and oxygen atoms in total. The molecule has 1 aromatic heterocycles. The third-order valence-corrected chi connectivity index (χ3v) is 3.21. The highest BCUT2D eigenvalue weighted by Gasteiger charge is 2.17. The van der Waals surface area contributed by atoms with Crippen molar-refractivity contribution >= 4 is 34.8 Å². The number of carboxylic acids is 1. The SMILES string of the molecule is Cc1nnsc1C(=O)Nc1ccc(N)cc1C(=O)O. The van der Waals surface area contributed by atoms with E-state index in [1.165, 1.54) is 18.2 Å². The van der Waals surface area contributed by atoms with Gasteiger partial charge < -0.3 is 16.2 Å². The fourth-order valence-electron chi connectivity index (χ4n) is 1.47. The van der Waals surface area contributed by atoms with Crippen LogP contribution in [0.5, 0.6) is 0 Å². The monoisotopic (exact) mass is 278 g/mol. The largest absolute Gasteiger partial charge is 0.478 e. The highest BCUT2D eigenvalue weighted by atomic mass is 32.1. The summed E-state index contributed by atoms with van der Waals surface area (Å²) in [7, 11) is 0. The van der Waals surface area contributed by atoms with Gasteiger partial charge in [0.05, 0.1) is 16.9 Å². The summed E-state index contributed by atoms with van der Waals surface area (Å²) in [6.07, 6.45) is 0. The summed E-state index contributed by atoms with van der Waals surface area (Å²) in [5.41, 5.74) is 6.44. The van der Waals surface area contributed by atoms with Crippen molar-refractivity contribution in [1.82, 2.24) is 9.59 Å². The summed E-state index contributed by atoms with van der Waals surface area (Å²) >= 11 is 0.949. The van der Waals surface area contributed by atoms with E-state index in [0.29, 0.717) is 16.3 Å². The molecule has 1 heterocycles. The summed E-state index contributed by atoms with van der Waals surface area (Å²) in [5.74, 6) is -1.61. The maximum atomic E-state index is 12.0. The number of benzene rings is 1. The zero-order valence-corrected chi connectivity index (χ0v) is 10.7. The fourth-order valence-corrected chi connectivity index (χ4v) is 2.02. The molecule has 8 heteroatoms. The lowest BCUT2D eigenvalue weighted by Gasteiger charge is -2.08. The molecule has 4 N–H and O–H groups in total. The Labute approximate surface area is 112 Å². The number of carboxylic acid groups (broad SMARTS) is 1. The van der Waals surface area contributed by atoms with Gasteiger partial charge in [0.25, 0.3) is 5.91 Å². The Kier molecular flexibility index (Phi) is 3.43. The van der Waals surface area contributed by atoms with Crippen molar-refractivity contribution in [1.29, 1.82) is 0 Å². The fraction of sp³-hybridized carbons (Fsp3) is 0.0909. The van der Waals surface area contributed by atoms with E-state index < -0.39 is 11.9 Å². The summed E-state index contributed by atoms with van der Waals surface area (Å²) in [4.78, 5) is 23.4. The van der Waals surface area contributed by atoms with Gasteiger partial charge in [0.1, 0.15) is 4.88 Å². The van der Waals surface area contributed by atoms with Crippen LogP contribution >= 0.6 is 11.5 Å². The molecule has 2 aromatic rings. The minimum Gasteiger partial charge on any atom is -0.478 e.